The van der Waals surface area contributed by atoms with Crippen LogP contribution in [-0.4, -0.2) is 30.8 Å². The molecular weight excluding hydrogens is 300 g/mol. The van der Waals surface area contributed by atoms with Crippen molar-refractivity contribution in [2.75, 3.05) is 18.5 Å². The molecule has 0 spiro atoms. The normalized spacial score (nSPS) is 20.6. The van der Waals surface area contributed by atoms with E-state index in [0.29, 0.717) is 24.9 Å². The van der Waals surface area contributed by atoms with Crippen molar-refractivity contribution in [1.82, 2.24) is 9.29 Å². The molecule has 112 valence electrons. The summed E-state index contributed by atoms with van der Waals surface area (Å²) < 4.78 is 26.6. The first kappa shape index (κ1) is 15.5. The van der Waals surface area contributed by atoms with Gasteiger partial charge in [-0.05, 0) is 24.3 Å². The van der Waals surface area contributed by atoms with E-state index in [2.05, 4.69) is 24.3 Å². The van der Waals surface area contributed by atoms with Crippen LogP contribution >= 0.6 is 11.6 Å². The number of nitrogens with one attached hydrogen (secondary N) is 1. The van der Waals surface area contributed by atoms with Gasteiger partial charge in [0, 0.05) is 19.3 Å². The molecule has 2 rings (SSSR count). The summed E-state index contributed by atoms with van der Waals surface area (Å²) in [5, 5.41) is 0.188. The van der Waals surface area contributed by atoms with Crippen LogP contribution in [0.1, 0.15) is 20.3 Å². The highest BCUT2D eigenvalue weighted by molar-refractivity contribution is 7.89. The van der Waals surface area contributed by atoms with E-state index in [4.69, 9.17) is 17.4 Å². The van der Waals surface area contributed by atoms with Crippen molar-refractivity contribution >= 4 is 27.4 Å². The highest BCUT2D eigenvalue weighted by Gasteiger charge is 2.34. The van der Waals surface area contributed by atoms with E-state index in [9.17, 15) is 8.42 Å². The quantitative estimate of drug-likeness (QED) is 0.651. The van der Waals surface area contributed by atoms with Gasteiger partial charge in [-0.2, -0.15) is 4.31 Å². The number of aromatic nitrogens is 1. The third-order valence-electron chi connectivity index (χ3n) is 3.72. The fourth-order valence-corrected chi connectivity index (χ4v) is 4.10. The zero-order valence-corrected chi connectivity index (χ0v) is 13.1. The summed E-state index contributed by atoms with van der Waals surface area (Å²) in [4.78, 5) is 4.02. The highest BCUT2D eigenvalue weighted by Crippen LogP contribution is 2.30. The third-order valence-corrected chi connectivity index (χ3v) is 5.84. The molecule has 0 radical (unpaired) electrons. The highest BCUT2D eigenvalue weighted by atomic mass is 35.5. The second-order valence-corrected chi connectivity index (χ2v) is 7.65. The van der Waals surface area contributed by atoms with Gasteiger partial charge in [-0.25, -0.2) is 19.2 Å². The van der Waals surface area contributed by atoms with Crippen LogP contribution in [0, 0.1) is 11.8 Å². The van der Waals surface area contributed by atoms with Crippen molar-refractivity contribution in [3.05, 3.63) is 17.3 Å². The first-order valence-electron chi connectivity index (χ1n) is 6.48. The molecule has 1 saturated heterocycles. The zero-order valence-electron chi connectivity index (χ0n) is 11.5. The summed E-state index contributed by atoms with van der Waals surface area (Å²) in [5.74, 6) is 6.36. The first-order valence-corrected chi connectivity index (χ1v) is 8.30. The van der Waals surface area contributed by atoms with Gasteiger partial charge in [0.25, 0.3) is 0 Å². The number of pyridine rings is 1. The second-order valence-electron chi connectivity index (χ2n) is 5.30. The molecule has 0 aliphatic carbocycles. The number of nitrogens with zero attached hydrogens (tertiary/aromatic N) is 2. The summed E-state index contributed by atoms with van der Waals surface area (Å²) in [6.07, 6.45) is 2.17. The number of anilines is 1. The van der Waals surface area contributed by atoms with Gasteiger partial charge in [0.15, 0.2) is 5.82 Å². The minimum Gasteiger partial charge on any atom is -0.307 e. The predicted octanol–water partition coefficient (Wildman–Crippen LogP) is 1.69. The van der Waals surface area contributed by atoms with E-state index < -0.39 is 10.0 Å². The topological polar surface area (TPSA) is 88.3 Å². The molecule has 1 atom stereocenters. The van der Waals surface area contributed by atoms with Crippen LogP contribution in [0.5, 0.6) is 0 Å². The molecule has 0 amide bonds. The Bertz CT molecular complexity index is 591. The van der Waals surface area contributed by atoms with Crippen LogP contribution in [0.4, 0.5) is 5.82 Å². The summed E-state index contributed by atoms with van der Waals surface area (Å²) >= 11 is 5.93. The van der Waals surface area contributed by atoms with Crippen LogP contribution in [-0.2, 0) is 10.0 Å². The van der Waals surface area contributed by atoms with Gasteiger partial charge in [0.2, 0.25) is 10.0 Å². The lowest BCUT2D eigenvalue weighted by molar-refractivity contribution is 0.388. The van der Waals surface area contributed by atoms with Crippen molar-refractivity contribution in [1.29, 1.82) is 0 Å². The van der Waals surface area contributed by atoms with E-state index in [-0.39, 0.29) is 15.7 Å². The molecule has 0 aromatic carbocycles. The Labute approximate surface area is 124 Å². The van der Waals surface area contributed by atoms with Crippen molar-refractivity contribution in [3.8, 4) is 0 Å². The number of halogens is 1. The summed E-state index contributed by atoms with van der Waals surface area (Å²) in [7, 11) is -3.53. The summed E-state index contributed by atoms with van der Waals surface area (Å²) in [6, 6.07) is 1.38. The van der Waals surface area contributed by atoms with Gasteiger partial charge in [-0.3, -0.25) is 0 Å². The Morgan fingerprint density at radius 3 is 2.75 bits per heavy atom. The van der Waals surface area contributed by atoms with Crippen molar-refractivity contribution in [2.24, 2.45) is 17.7 Å². The lowest BCUT2D eigenvalue weighted by Crippen LogP contribution is -2.29. The molecule has 0 bridgehead atoms. The molecule has 3 N–H and O–H groups in total. The van der Waals surface area contributed by atoms with Gasteiger partial charge in [0.1, 0.15) is 4.90 Å². The number of sulfonamides is 1. The standard InChI is InChI=1S/C12H19ClN4O2S/c1-8(2)9-3-4-17(7-9)20(18,19)10-5-11(13)12(16-14)15-6-10/h5-6,8-9H,3-4,7,14H2,1-2H3,(H,15,16). The van der Waals surface area contributed by atoms with Crippen LogP contribution in [0.3, 0.4) is 0 Å². The number of rotatable bonds is 4. The minimum atomic E-state index is -3.53. The molecular formula is C12H19ClN4O2S. The Kier molecular flexibility index (Phi) is 4.53. The smallest absolute Gasteiger partial charge is 0.244 e. The van der Waals surface area contributed by atoms with Gasteiger partial charge >= 0.3 is 0 Å². The predicted molar refractivity (Wildman–Crippen MR) is 78.8 cm³/mol. The average Bonchev–Trinajstić information content (AvgIpc) is 2.89. The number of hydrogen-bond acceptors (Lipinski definition) is 5. The lowest BCUT2D eigenvalue weighted by atomic mass is 9.96. The third kappa shape index (κ3) is 2.90. The zero-order chi connectivity index (χ0) is 14.9. The van der Waals surface area contributed by atoms with Crippen LogP contribution < -0.4 is 11.3 Å². The Balaban J connectivity index is 2.25. The number of nitrogen functional groups attached to an aromatic ring is 1. The number of nitrogens with two attached hydrogens (primary N) is 1. The van der Waals surface area contributed by atoms with Crippen molar-refractivity contribution in [3.63, 3.8) is 0 Å². The summed E-state index contributed by atoms with van der Waals surface area (Å²) in [6.45, 7) is 5.32. The fourth-order valence-electron chi connectivity index (χ4n) is 2.33. The molecule has 1 aromatic rings. The maximum absolute atomic E-state index is 12.5. The Morgan fingerprint density at radius 1 is 1.55 bits per heavy atom. The molecule has 1 aliphatic rings. The van der Waals surface area contributed by atoms with E-state index in [1.807, 2.05) is 0 Å². The van der Waals surface area contributed by atoms with E-state index in [0.717, 1.165) is 6.42 Å². The van der Waals surface area contributed by atoms with Crippen LogP contribution in [0.15, 0.2) is 17.2 Å². The lowest BCUT2D eigenvalue weighted by Gasteiger charge is -2.18. The molecule has 6 nitrogen and oxygen atoms in total. The van der Waals surface area contributed by atoms with Crippen molar-refractivity contribution < 1.29 is 8.42 Å². The summed E-state index contributed by atoms with van der Waals surface area (Å²) in [5.41, 5.74) is 2.31. The fraction of sp³-hybridized carbons (Fsp3) is 0.583. The van der Waals surface area contributed by atoms with Crippen LogP contribution in [0.25, 0.3) is 0 Å². The van der Waals surface area contributed by atoms with E-state index in [1.165, 1.54) is 16.6 Å². The Hall–Kier alpha value is -0.890. The SMILES string of the molecule is CC(C)C1CCN(S(=O)(=O)c2cnc(NN)c(Cl)c2)C1. The van der Waals surface area contributed by atoms with Crippen molar-refractivity contribution in [2.45, 2.75) is 25.2 Å². The maximum Gasteiger partial charge on any atom is 0.244 e. The molecule has 1 aromatic heterocycles. The largest absolute Gasteiger partial charge is 0.307 e. The van der Waals surface area contributed by atoms with Crippen LogP contribution in [0.2, 0.25) is 5.02 Å². The van der Waals surface area contributed by atoms with Gasteiger partial charge in [0.05, 0.1) is 5.02 Å². The molecule has 0 saturated carbocycles. The maximum atomic E-state index is 12.5. The Morgan fingerprint density at radius 2 is 2.25 bits per heavy atom. The van der Waals surface area contributed by atoms with E-state index in [1.54, 1.807) is 0 Å². The molecule has 1 aliphatic heterocycles. The molecule has 1 fully saturated rings. The molecule has 2 heterocycles. The van der Waals surface area contributed by atoms with E-state index >= 15 is 0 Å². The monoisotopic (exact) mass is 318 g/mol. The van der Waals surface area contributed by atoms with Gasteiger partial charge < -0.3 is 5.43 Å². The average molecular weight is 319 g/mol. The minimum absolute atomic E-state index is 0.103. The molecule has 1 unspecified atom stereocenters. The van der Waals surface area contributed by atoms with Gasteiger partial charge in [-0.15, -0.1) is 0 Å². The molecule has 8 heteroatoms. The number of hydrogen-bond donors (Lipinski definition) is 2. The first-order chi connectivity index (χ1) is 9.36. The van der Waals surface area contributed by atoms with Gasteiger partial charge in [-0.1, -0.05) is 25.4 Å². The molecule has 20 heavy (non-hydrogen) atoms. The number of hydrazine groups is 1. The second kappa shape index (κ2) is 5.85.